The minimum absolute atomic E-state index is 0.188. The first-order valence-corrected chi connectivity index (χ1v) is 20.3. The quantitative estimate of drug-likeness (QED) is 0.0594. The van der Waals surface area contributed by atoms with Crippen LogP contribution in [0.4, 0.5) is 0 Å². The SMILES string of the molecule is C=C(C)C(CC/C(C)=C/CC/C(C)=C/CC/C(C)=C/CC/C(C)=C/CC/C(C)=C/CC/C(C)=C/CC/C(C)=C/CC/C(C)=C/COC(C)=O)OC(C)=O. The topological polar surface area (TPSA) is 52.6 Å². The summed E-state index contributed by atoms with van der Waals surface area (Å²) in [6.07, 6.45) is 35.7. The van der Waals surface area contributed by atoms with Gasteiger partial charge in [-0.1, -0.05) is 93.7 Å². The lowest BCUT2D eigenvalue weighted by molar-refractivity contribution is -0.145. The summed E-state index contributed by atoms with van der Waals surface area (Å²) in [5, 5.41) is 0. The molecule has 298 valence electrons. The molecule has 0 spiro atoms. The molecule has 0 N–H and O–H groups in total. The van der Waals surface area contributed by atoms with Crippen molar-refractivity contribution in [3.63, 3.8) is 0 Å². The summed E-state index contributed by atoms with van der Waals surface area (Å²) in [5.41, 5.74) is 12.4. The van der Waals surface area contributed by atoms with Crippen LogP contribution in [0.1, 0.15) is 179 Å². The first-order valence-electron chi connectivity index (χ1n) is 20.3. The number of allylic oxidation sites excluding steroid dienone is 15. The third kappa shape index (κ3) is 31.8. The Labute approximate surface area is 327 Å². The fourth-order valence-corrected chi connectivity index (χ4v) is 5.91. The second-order valence-electron chi connectivity index (χ2n) is 15.5. The van der Waals surface area contributed by atoms with E-state index in [1.807, 2.05) is 13.0 Å². The molecule has 1 atom stereocenters. The van der Waals surface area contributed by atoms with E-state index in [1.165, 1.54) is 58.4 Å². The van der Waals surface area contributed by atoms with Gasteiger partial charge in [-0.05, 0) is 177 Å². The van der Waals surface area contributed by atoms with Gasteiger partial charge in [0.2, 0.25) is 0 Å². The molecule has 4 nitrogen and oxygen atoms in total. The van der Waals surface area contributed by atoms with Crippen molar-refractivity contribution in [2.45, 2.75) is 185 Å². The molecule has 0 saturated heterocycles. The highest BCUT2D eigenvalue weighted by molar-refractivity contribution is 5.66. The predicted octanol–water partition coefficient (Wildman–Crippen LogP) is 14.9. The van der Waals surface area contributed by atoms with Crippen LogP contribution in [0.2, 0.25) is 0 Å². The van der Waals surface area contributed by atoms with Crippen molar-refractivity contribution in [1.29, 1.82) is 0 Å². The highest BCUT2D eigenvalue weighted by atomic mass is 16.5. The number of esters is 2. The lowest BCUT2D eigenvalue weighted by Crippen LogP contribution is -2.17. The van der Waals surface area contributed by atoms with Crippen LogP contribution in [0.5, 0.6) is 0 Å². The maximum absolute atomic E-state index is 11.3. The van der Waals surface area contributed by atoms with Crippen LogP contribution < -0.4 is 0 Å². The molecule has 0 bridgehead atoms. The molecule has 0 aliphatic heterocycles. The van der Waals surface area contributed by atoms with E-state index in [2.05, 4.69) is 105 Å². The van der Waals surface area contributed by atoms with E-state index in [4.69, 9.17) is 9.47 Å². The maximum Gasteiger partial charge on any atom is 0.303 e. The van der Waals surface area contributed by atoms with E-state index in [0.717, 1.165) is 108 Å². The Kier molecular flexibility index (Phi) is 29.0. The van der Waals surface area contributed by atoms with E-state index in [1.54, 1.807) is 0 Å². The van der Waals surface area contributed by atoms with E-state index in [-0.39, 0.29) is 18.0 Å². The molecular weight excluding hydrogens is 653 g/mol. The Balaban J connectivity index is 4.29. The lowest BCUT2D eigenvalue weighted by atomic mass is 10.0. The highest BCUT2D eigenvalue weighted by Gasteiger charge is 2.12. The number of hydrogen-bond acceptors (Lipinski definition) is 4. The van der Waals surface area contributed by atoms with Crippen molar-refractivity contribution >= 4 is 11.9 Å². The molecule has 0 aromatic rings. The standard InChI is InChI=1S/C49H78O4/c1-38(2)49(53-48(12)51)35-34-45(9)32-18-30-43(7)28-16-26-41(5)24-14-22-39(3)20-13-21-40(4)23-15-25-42(6)27-17-29-44(8)31-19-33-46(10)36-37-52-47(11)50/h20,23-24,27-28,31-32,36,49H,1,13-19,21-22,25-26,29-30,33-35,37H2,2-12H3/b39-20+,40-23+,41-24+,42-27+,43-28+,44-31+,45-32+,46-36+. The summed E-state index contributed by atoms with van der Waals surface area (Å²) in [4.78, 5) is 22.2. The first-order chi connectivity index (χ1) is 25.1. The predicted molar refractivity (Wildman–Crippen MR) is 231 cm³/mol. The van der Waals surface area contributed by atoms with Crippen LogP contribution in [-0.2, 0) is 19.1 Å². The Morgan fingerprint density at radius 2 is 0.679 bits per heavy atom. The third-order valence-corrected chi connectivity index (χ3v) is 9.60. The molecule has 53 heavy (non-hydrogen) atoms. The number of carbonyl (C=O) groups excluding carboxylic acids is 2. The number of carbonyl (C=O) groups is 2. The molecule has 0 radical (unpaired) electrons. The Morgan fingerprint density at radius 1 is 0.415 bits per heavy atom. The summed E-state index contributed by atoms with van der Waals surface area (Å²) in [6, 6.07) is 0. The summed E-state index contributed by atoms with van der Waals surface area (Å²) < 4.78 is 10.4. The molecule has 0 aliphatic carbocycles. The molecule has 0 aromatic heterocycles. The van der Waals surface area contributed by atoms with Crippen molar-refractivity contribution in [1.82, 2.24) is 0 Å². The van der Waals surface area contributed by atoms with Gasteiger partial charge in [0.25, 0.3) is 0 Å². The zero-order valence-electron chi connectivity index (χ0n) is 36.1. The monoisotopic (exact) mass is 731 g/mol. The molecule has 0 amide bonds. The van der Waals surface area contributed by atoms with Gasteiger partial charge in [0, 0.05) is 13.8 Å². The lowest BCUT2D eigenvalue weighted by Gasteiger charge is -2.17. The average molecular weight is 731 g/mol. The van der Waals surface area contributed by atoms with E-state index in [0.29, 0.717) is 6.61 Å². The molecule has 0 fully saturated rings. The van der Waals surface area contributed by atoms with Crippen LogP contribution in [0.15, 0.2) is 105 Å². The summed E-state index contributed by atoms with van der Waals surface area (Å²) >= 11 is 0. The van der Waals surface area contributed by atoms with Crippen LogP contribution in [-0.4, -0.2) is 24.6 Å². The van der Waals surface area contributed by atoms with Gasteiger partial charge in [0.05, 0.1) is 0 Å². The van der Waals surface area contributed by atoms with E-state index >= 15 is 0 Å². The molecule has 0 aliphatic rings. The van der Waals surface area contributed by atoms with Crippen molar-refractivity contribution in [2.75, 3.05) is 6.61 Å². The molecule has 4 heteroatoms. The van der Waals surface area contributed by atoms with Gasteiger partial charge in [0.15, 0.2) is 0 Å². The first kappa shape index (κ1) is 49.6. The van der Waals surface area contributed by atoms with Crippen molar-refractivity contribution in [3.05, 3.63) is 105 Å². The molecule has 1 unspecified atom stereocenters. The number of hydrogen-bond donors (Lipinski definition) is 0. The fourth-order valence-electron chi connectivity index (χ4n) is 5.91. The summed E-state index contributed by atoms with van der Waals surface area (Å²) in [5.74, 6) is -0.472. The van der Waals surface area contributed by atoms with E-state index in [9.17, 15) is 9.59 Å². The third-order valence-electron chi connectivity index (χ3n) is 9.60. The van der Waals surface area contributed by atoms with Gasteiger partial charge >= 0.3 is 11.9 Å². The smallest absolute Gasteiger partial charge is 0.303 e. The summed E-state index contributed by atoms with van der Waals surface area (Å²) in [7, 11) is 0. The zero-order valence-corrected chi connectivity index (χ0v) is 36.1. The van der Waals surface area contributed by atoms with Gasteiger partial charge in [0.1, 0.15) is 12.7 Å². The second-order valence-corrected chi connectivity index (χ2v) is 15.5. The van der Waals surface area contributed by atoms with Gasteiger partial charge in [-0.3, -0.25) is 9.59 Å². The second kappa shape index (κ2) is 31.0. The van der Waals surface area contributed by atoms with Crippen LogP contribution in [0.3, 0.4) is 0 Å². The normalized spacial score (nSPS) is 14.8. The molecule has 0 saturated carbocycles. The van der Waals surface area contributed by atoms with E-state index < -0.39 is 0 Å². The highest BCUT2D eigenvalue weighted by Crippen LogP contribution is 2.19. The van der Waals surface area contributed by atoms with Crippen molar-refractivity contribution in [3.8, 4) is 0 Å². The molecule has 0 aromatic carbocycles. The Morgan fingerprint density at radius 3 is 0.925 bits per heavy atom. The largest absolute Gasteiger partial charge is 0.462 e. The van der Waals surface area contributed by atoms with Crippen molar-refractivity contribution < 1.29 is 19.1 Å². The van der Waals surface area contributed by atoms with Gasteiger partial charge < -0.3 is 9.47 Å². The maximum atomic E-state index is 11.3. The van der Waals surface area contributed by atoms with Crippen LogP contribution in [0, 0.1) is 0 Å². The van der Waals surface area contributed by atoms with Gasteiger partial charge in [-0.15, -0.1) is 0 Å². The van der Waals surface area contributed by atoms with Gasteiger partial charge in [-0.2, -0.15) is 0 Å². The number of rotatable bonds is 28. The molecular formula is C49H78O4. The zero-order chi connectivity index (χ0) is 40.0. The number of ether oxygens (including phenoxy) is 2. The summed E-state index contributed by atoms with van der Waals surface area (Å²) in [6.45, 7) is 27.0. The minimum Gasteiger partial charge on any atom is -0.462 e. The van der Waals surface area contributed by atoms with Crippen molar-refractivity contribution in [2.24, 2.45) is 0 Å². The fraction of sp³-hybridized carbons (Fsp3) is 0.592. The Hall–Kier alpha value is -3.40. The minimum atomic E-state index is -0.243. The molecule has 0 heterocycles. The van der Waals surface area contributed by atoms with Gasteiger partial charge in [-0.25, -0.2) is 0 Å². The Bertz CT molecular complexity index is 1350. The molecule has 0 rings (SSSR count). The average Bonchev–Trinajstić information content (AvgIpc) is 3.06. The van der Waals surface area contributed by atoms with Crippen LogP contribution in [0.25, 0.3) is 0 Å². The van der Waals surface area contributed by atoms with Crippen LogP contribution >= 0.6 is 0 Å².